The van der Waals surface area contributed by atoms with Crippen LogP contribution in [0.1, 0.15) is 18.1 Å². The minimum atomic E-state index is 0.752. The third kappa shape index (κ3) is 4.56. The number of hydrogen-bond acceptors (Lipinski definition) is 5. The summed E-state index contributed by atoms with van der Waals surface area (Å²) in [6.45, 7) is 8.12. The highest BCUT2D eigenvalue weighted by Gasteiger charge is 2.23. The zero-order valence-corrected chi connectivity index (χ0v) is 12.2. The second kappa shape index (κ2) is 6.98. The lowest BCUT2D eigenvalue weighted by Gasteiger charge is -2.20. The maximum absolute atomic E-state index is 5.13. The second-order valence-corrected chi connectivity index (χ2v) is 5.48. The van der Waals surface area contributed by atoms with Gasteiger partial charge in [-0.15, -0.1) is 0 Å². The van der Waals surface area contributed by atoms with Crippen molar-refractivity contribution in [3.8, 4) is 0 Å². The summed E-state index contributed by atoms with van der Waals surface area (Å²) in [7, 11) is 3.91. The Kier molecular flexibility index (Phi) is 5.30. The summed E-state index contributed by atoms with van der Waals surface area (Å²) in [6.07, 6.45) is 1.28. The quantitative estimate of drug-likeness (QED) is 0.780. The molecule has 0 spiro atoms. The topological polar surface area (TPSA) is 57.3 Å². The lowest BCUT2D eigenvalue weighted by molar-refractivity contribution is 0.157. The fraction of sp³-hybridized carbons (Fsp3) is 0.846. The first kappa shape index (κ1) is 14.4. The maximum Gasteiger partial charge on any atom is 0.164 e. The highest BCUT2D eigenvalue weighted by Crippen LogP contribution is 2.17. The molecule has 1 N–H and O–H groups in total. The number of H-pyrrole nitrogens is 1. The smallest absolute Gasteiger partial charge is 0.164 e. The number of hydrogen-bond donors (Lipinski definition) is 1. The molecule has 1 aliphatic heterocycles. The highest BCUT2D eigenvalue weighted by molar-refractivity contribution is 4.87. The normalized spacial score (nSPS) is 20.5. The molecule has 19 heavy (non-hydrogen) atoms. The van der Waals surface area contributed by atoms with Gasteiger partial charge in [0.15, 0.2) is 5.82 Å². The van der Waals surface area contributed by atoms with E-state index < -0.39 is 0 Å². The monoisotopic (exact) mass is 267 g/mol. The van der Waals surface area contributed by atoms with Crippen molar-refractivity contribution in [3.05, 3.63) is 11.6 Å². The molecular weight excluding hydrogens is 242 g/mol. The minimum absolute atomic E-state index is 0.752. The molecule has 1 saturated heterocycles. The van der Waals surface area contributed by atoms with Crippen molar-refractivity contribution >= 4 is 0 Å². The van der Waals surface area contributed by atoms with Gasteiger partial charge >= 0.3 is 0 Å². The van der Waals surface area contributed by atoms with E-state index in [0.717, 1.165) is 43.8 Å². The predicted molar refractivity (Wildman–Crippen MR) is 73.9 cm³/mol. The van der Waals surface area contributed by atoms with Crippen molar-refractivity contribution < 1.29 is 4.74 Å². The predicted octanol–water partition coefficient (Wildman–Crippen LogP) is 0.513. The molecule has 0 saturated carbocycles. The molecule has 2 heterocycles. The van der Waals surface area contributed by atoms with Gasteiger partial charge in [0.2, 0.25) is 0 Å². The van der Waals surface area contributed by atoms with Gasteiger partial charge in [-0.2, -0.15) is 5.10 Å². The summed E-state index contributed by atoms with van der Waals surface area (Å²) in [5.41, 5.74) is 0. The Morgan fingerprint density at radius 1 is 1.53 bits per heavy atom. The maximum atomic E-state index is 5.13. The van der Waals surface area contributed by atoms with E-state index in [0.29, 0.717) is 0 Å². The Morgan fingerprint density at radius 2 is 2.37 bits per heavy atom. The highest BCUT2D eigenvalue weighted by atomic mass is 16.5. The molecule has 1 aliphatic rings. The summed E-state index contributed by atoms with van der Waals surface area (Å²) >= 11 is 0. The van der Waals surface area contributed by atoms with E-state index in [1.165, 1.54) is 19.5 Å². The van der Waals surface area contributed by atoms with Crippen LogP contribution in [0.2, 0.25) is 0 Å². The van der Waals surface area contributed by atoms with Crippen LogP contribution < -0.4 is 0 Å². The van der Waals surface area contributed by atoms with Crippen molar-refractivity contribution in [1.29, 1.82) is 0 Å². The number of aromatic nitrogens is 3. The van der Waals surface area contributed by atoms with Crippen LogP contribution in [0.4, 0.5) is 0 Å². The molecule has 6 heteroatoms. The molecule has 0 aliphatic carbocycles. The molecule has 0 amide bonds. The molecule has 2 rings (SSSR count). The number of likely N-dealkylation sites (tertiary alicyclic amines) is 1. The Labute approximate surface area is 115 Å². The van der Waals surface area contributed by atoms with Crippen molar-refractivity contribution in [2.75, 3.05) is 46.9 Å². The molecule has 108 valence electrons. The zero-order chi connectivity index (χ0) is 13.7. The van der Waals surface area contributed by atoms with Crippen LogP contribution in [0.25, 0.3) is 0 Å². The summed E-state index contributed by atoms with van der Waals surface area (Å²) in [6, 6.07) is 0. The summed E-state index contributed by atoms with van der Waals surface area (Å²) in [5.74, 6) is 2.52. The molecule has 1 aromatic heterocycles. The SMILES string of the molecule is COCCN1CCC(CN(C)Cc2n[nH]c(C)n2)C1. The Hall–Kier alpha value is -0.980. The molecule has 0 radical (unpaired) electrons. The van der Waals surface area contributed by atoms with Crippen molar-refractivity contribution in [2.24, 2.45) is 5.92 Å². The van der Waals surface area contributed by atoms with Crippen LogP contribution in [-0.2, 0) is 11.3 Å². The van der Waals surface area contributed by atoms with Crippen molar-refractivity contribution in [3.63, 3.8) is 0 Å². The first-order valence-electron chi connectivity index (χ1n) is 6.95. The average Bonchev–Trinajstić information content (AvgIpc) is 2.96. The average molecular weight is 267 g/mol. The molecule has 1 aromatic rings. The molecule has 0 aromatic carbocycles. The van der Waals surface area contributed by atoms with Crippen LogP contribution in [0, 0.1) is 12.8 Å². The number of aryl methyl sites for hydroxylation is 1. The summed E-state index contributed by atoms with van der Waals surface area (Å²) in [4.78, 5) is 9.14. The van der Waals surface area contributed by atoms with Gasteiger partial charge in [0.05, 0.1) is 13.2 Å². The van der Waals surface area contributed by atoms with Gasteiger partial charge in [0, 0.05) is 26.7 Å². The number of ether oxygens (including phenoxy) is 1. The van der Waals surface area contributed by atoms with Gasteiger partial charge in [0.1, 0.15) is 5.82 Å². The van der Waals surface area contributed by atoms with E-state index in [4.69, 9.17) is 4.74 Å². The molecule has 6 nitrogen and oxygen atoms in total. The molecule has 0 bridgehead atoms. The third-order valence-electron chi connectivity index (χ3n) is 3.61. The molecule has 1 atom stereocenters. The lowest BCUT2D eigenvalue weighted by atomic mass is 10.1. The van der Waals surface area contributed by atoms with Gasteiger partial charge in [-0.3, -0.25) is 10.00 Å². The summed E-state index contributed by atoms with van der Waals surface area (Å²) in [5, 5.41) is 7.07. The first-order chi connectivity index (χ1) is 9.17. The number of nitrogens with zero attached hydrogens (tertiary/aromatic N) is 4. The van der Waals surface area contributed by atoms with Gasteiger partial charge < -0.3 is 9.64 Å². The standard InChI is InChI=1S/C13H25N5O/c1-11-14-13(16-15-11)10-17(2)8-12-4-5-18(9-12)6-7-19-3/h12H,4-10H2,1-3H3,(H,14,15,16). The van der Waals surface area contributed by atoms with E-state index in [9.17, 15) is 0 Å². The number of aromatic amines is 1. The molecular formula is C13H25N5O. The Bertz CT molecular complexity index is 381. The summed E-state index contributed by atoms with van der Waals surface area (Å²) < 4.78 is 5.13. The van der Waals surface area contributed by atoms with Crippen molar-refractivity contribution in [2.45, 2.75) is 19.9 Å². The van der Waals surface area contributed by atoms with E-state index in [1.54, 1.807) is 7.11 Å². The van der Waals surface area contributed by atoms with Crippen molar-refractivity contribution in [1.82, 2.24) is 25.0 Å². The molecule has 1 unspecified atom stereocenters. The van der Waals surface area contributed by atoms with Gasteiger partial charge in [-0.25, -0.2) is 4.98 Å². The van der Waals surface area contributed by atoms with Crippen LogP contribution >= 0.6 is 0 Å². The van der Waals surface area contributed by atoms with E-state index in [-0.39, 0.29) is 0 Å². The van der Waals surface area contributed by atoms with E-state index in [2.05, 4.69) is 32.0 Å². The zero-order valence-electron chi connectivity index (χ0n) is 12.2. The minimum Gasteiger partial charge on any atom is -0.383 e. The van der Waals surface area contributed by atoms with Crippen LogP contribution in [0.3, 0.4) is 0 Å². The first-order valence-corrected chi connectivity index (χ1v) is 6.95. The second-order valence-electron chi connectivity index (χ2n) is 5.48. The van der Waals surface area contributed by atoms with E-state index >= 15 is 0 Å². The number of nitrogens with one attached hydrogen (secondary N) is 1. The largest absolute Gasteiger partial charge is 0.383 e. The third-order valence-corrected chi connectivity index (χ3v) is 3.61. The number of rotatable bonds is 7. The van der Waals surface area contributed by atoms with E-state index in [1.807, 2.05) is 6.92 Å². The van der Waals surface area contributed by atoms with Gasteiger partial charge in [0.25, 0.3) is 0 Å². The Morgan fingerprint density at radius 3 is 3.05 bits per heavy atom. The van der Waals surface area contributed by atoms with Crippen LogP contribution in [0.15, 0.2) is 0 Å². The fourth-order valence-electron chi connectivity index (χ4n) is 2.69. The van der Waals surface area contributed by atoms with Crippen LogP contribution in [-0.4, -0.2) is 71.9 Å². The molecule has 1 fully saturated rings. The lowest BCUT2D eigenvalue weighted by Crippen LogP contribution is -2.29. The van der Waals surface area contributed by atoms with Gasteiger partial charge in [-0.05, 0) is 32.9 Å². The van der Waals surface area contributed by atoms with Crippen LogP contribution in [0.5, 0.6) is 0 Å². The Balaban J connectivity index is 1.70. The van der Waals surface area contributed by atoms with Gasteiger partial charge in [-0.1, -0.05) is 0 Å². The fourth-order valence-corrected chi connectivity index (χ4v) is 2.69. The number of methoxy groups -OCH3 is 1.